The van der Waals surface area contributed by atoms with Gasteiger partial charge in [0.05, 0.1) is 18.4 Å². The van der Waals surface area contributed by atoms with Crippen molar-refractivity contribution in [1.82, 2.24) is 0 Å². The Hall–Kier alpha value is -2.31. The predicted octanol–water partition coefficient (Wildman–Crippen LogP) is 4.50. The summed E-state index contributed by atoms with van der Waals surface area (Å²) in [6.45, 7) is 0.673. The number of anilines is 1. The summed E-state index contributed by atoms with van der Waals surface area (Å²) >= 11 is 1.57. The van der Waals surface area contributed by atoms with Gasteiger partial charge in [-0.15, -0.1) is 0 Å². The van der Waals surface area contributed by atoms with Crippen molar-refractivity contribution in [3.8, 4) is 0 Å². The van der Waals surface area contributed by atoms with Gasteiger partial charge < -0.3 is 15.2 Å². The van der Waals surface area contributed by atoms with Gasteiger partial charge in [0.15, 0.2) is 0 Å². The molecule has 1 fully saturated rings. The van der Waals surface area contributed by atoms with Gasteiger partial charge in [-0.2, -0.15) is 11.8 Å². The third kappa shape index (κ3) is 5.84. The van der Waals surface area contributed by atoms with Gasteiger partial charge in [-0.25, -0.2) is 0 Å². The molecule has 0 saturated carbocycles. The number of nitrogens with one attached hydrogen (secondary N) is 1. The van der Waals surface area contributed by atoms with Crippen molar-refractivity contribution in [2.24, 2.45) is 5.92 Å². The lowest BCUT2D eigenvalue weighted by Gasteiger charge is -2.31. The van der Waals surface area contributed by atoms with Crippen LogP contribution in [0, 0.1) is 5.92 Å². The van der Waals surface area contributed by atoms with Crippen LogP contribution in [0.15, 0.2) is 54.6 Å². The van der Waals surface area contributed by atoms with E-state index in [0.717, 1.165) is 35.4 Å². The van der Waals surface area contributed by atoms with Gasteiger partial charge in [0.1, 0.15) is 0 Å². The van der Waals surface area contributed by atoms with Crippen molar-refractivity contribution in [1.29, 1.82) is 0 Å². The molecule has 2 atom stereocenters. The first-order valence-electron chi connectivity index (χ1n) is 9.49. The molecule has 2 N–H and O–H groups in total. The van der Waals surface area contributed by atoms with Crippen LogP contribution < -0.4 is 5.32 Å². The molecule has 1 aliphatic heterocycles. The molecule has 0 aliphatic carbocycles. The summed E-state index contributed by atoms with van der Waals surface area (Å²) in [5.41, 5.74) is 2.86. The van der Waals surface area contributed by atoms with Gasteiger partial charge in [-0.3, -0.25) is 9.59 Å². The maximum atomic E-state index is 12.9. The second-order valence-corrected chi connectivity index (χ2v) is 7.94. The molecule has 28 heavy (non-hydrogen) atoms. The van der Waals surface area contributed by atoms with Crippen molar-refractivity contribution in [2.75, 3.05) is 17.7 Å². The highest BCUT2D eigenvalue weighted by molar-refractivity contribution is 7.98. The highest BCUT2D eigenvalue weighted by Gasteiger charge is 2.33. The second kappa shape index (κ2) is 10.3. The molecule has 1 saturated heterocycles. The molecule has 2 aromatic rings. The lowest BCUT2D eigenvalue weighted by molar-refractivity contribution is -0.136. The van der Waals surface area contributed by atoms with Crippen LogP contribution in [0.25, 0.3) is 0 Å². The maximum Gasteiger partial charge on any atom is 0.304 e. The summed E-state index contributed by atoms with van der Waals surface area (Å²) in [7, 11) is 0. The number of thioether (sulfide) groups is 1. The van der Waals surface area contributed by atoms with Gasteiger partial charge in [0.2, 0.25) is 5.91 Å². The molecule has 1 amide bonds. The molecule has 1 aliphatic rings. The van der Waals surface area contributed by atoms with Crippen molar-refractivity contribution >= 4 is 29.3 Å². The average Bonchev–Trinajstić information content (AvgIpc) is 2.72. The molecule has 148 valence electrons. The lowest BCUT2D eigenvalue weighted by atomic mass is 9.88. The minimum atomic E-state index is -0.781. The number of hydrogen-bond acceptors (Lipinski definition) is 4. The zero-order valence-corrected chi connectivity index (χ0v) is 16.5. The van der Waals surface area contributed by atoms with E-state index in [4.69, 9.17) is 9.84 Å². The number of aliphatic carboxylic acids is 1. The van der Waals surface area contributed by atoms with Gasteiger partial charge in [-0.1, -0.05) is 42.5 Å². The quantitative estimate of drug-likeness (QED) is 0.639. The number of hydrogen-bond donors (Lipinski definition) is 2. The van der Waals surface area contributed by atoms with E-state index in [1.807, 2.05) is 54.6 Å². The van der Waals surface area contributed by atoms with Crippen LogP contribution in [0.3, 0.4) is 0 Å². The molecule has 3 rings (SSSR count). The third-order valence-corrected chi connectivity index (χ3v) is 5.74. The molecule has 1 heterocycles. The van der Waals surface area contributed by atoms with E-state index < -0.39 is 5.97 Å². The van der Waals surface area contributed by atoms with Crippen molar-refractivity contribution in [2.45, 2.75) is 31.1 Å². The Kier molecular flexibility index (Phi) is 7.51. The fourth-order valence-electron chi connectivity index (χ4n) is 3.34. The fourth-order valence-corrected chi connectivity index (χ4v) is 4.22. The Balaban J connectivity index is 1.61. The Morgan fingerprint density at radius 1 is 1.14 bits per heavy atom. The fraction of sp³-hybridized carbons (Fsp3) is 0.364. The number of carbonyl (C=O) groups is 2. The molecule has 0 aromatic heterocycles. The summed E-state index contributed by atoms with van der Waals surface area (Å²) in [6, 6.07) is 17.6. The Labute approximate surface area is 169 Å². The molecule has 2 aromatic carbocycles. The monoisotopic (exact) mass is 399 g/mol. The predicted molar refractivity (Wildman–Crippen MR) is 111 cm³/mol. The molecule has 0 radical (unpaired) electrons. The van der Waals surface area contributed by atoms with Crippen LogP contribution in [-0.4, -0.2) is 29.3 Å². The maximum absolute atomic E-state index is 12.9. The van der Waals surface area contributed by atoms with Crippen LogP contribution in [0.1, 0.15) is 36.5 Å². The summed E-state index contributed by atoms with van der Waals surface area (Å²) < 4.78 is 5.93. The van der Waals surface area contributed by atoms with Crippen LogP contribution in [0.2, 0.25) is 0 Å². The minimum Gasteiger partial charge on any atom is -0.481 e. The van der Waals surface area contributed by atoms with Gasteiger partial charge >= 0.3 is 5.97 Å². The summed E-state index contributed by atoms with van der Waals surface area (Å²) in [6.07, 6.45) is 1.62. The molecule has 6 heteroatoms. The van der Waals surface area contributed by atoms with E-state index in [9.17, 15) is 9.59 Å². The van der Waals surface area contributed by atoms with Crippen molar-refractivity contribution in [3.63, 3.8) is 0 Å². The Bertz CT molecular complexity index is 796. The topological polar surface area (TPSA) is 75.6 Å². The van der Waals surface area contributed by atoms with Crippen molar-refractivity contribution < 1.29 is 19.4 Å². The standard InChI is InChI=1S/C22H25NO4S/c24-20(25)11-13-28-15-16-6-4-9-18(14-16)23-22(26)19-10-5-12-27-21(19)17-7-2-1-3-8-17/h1-4,6-9,14,19,21H,5,10-13,15H2,(H,23,26)(H,24,25). The lowest BCUT2D eigenvalue weighted by Crippen LogP contribution is -2.33. The van der Waals surface area contributed by atoms with E-state index in [2.05, 4.69) is 5.32 Å². The molecule has 5 nitrogen and oxygen atoms in total. The molecule has 0 bridgehead atoms. The number of carbonyl (C=O) groups excluding carboxylic acids is 1. The zero-order valence-electron chi connectivity index (χ0n) is 15.7. The average molecular weight is 400 g/mol. The largest absolute Gasteiger partial charge is 0.481 e. The summed E-state index contributed by atoms with van der Waals surface area (Å²) in [5, 5.41) is 11.7. The van der Waals surface area contributed by atoms with Crippen LogP contribution in [0.4, 0.5) is 5.69 Å². The normalized spacial score (nSPS) is 19.1. The Morgan fingerprint density at radius 2 is 1.96 bits per heavy atom. The van der Waals surface area contributed by atoms with Gasteiger partial charge in [-0.05, 0) is 36.1 Å². The first kappa shape index (κ1) is 20.4. The van der Waals surface area contributed by atoms with Crippen LogP contribution in [0.5, 0.6) is 0 Å². The van der Waals surface area contributed by atoms with E-state index in [1.165, 1.54) is 0 Å². The van der Waals surface area contributed by atoms with Crippen LogP contribution >= 0.6 is 11.8 Å². The molecular weight excluding hydrogens is 374 g/mol. The smallest absolute Gasteiger partial charge is 0.304 e. The van der Waals surface area contributed by atoms with Gasteiger partial charge in [0.25, 0.3) is 0 Å². The SMILES string of the molecule is O=C(O)CCSCc1cccc(NC(=O)C2CCCOC2c2ccccc2)c1. The van der Waals surface area contributed by atoms with Gasteiger partial charge in [0, 0.05) is 23.8 Å². The van der Waals surface area contributed by atoms with E-state index >= 15 is 0 Å². The number of amides is 1. The highest BCUT2D eigenvalue weighted by atomic mass is 32.2. The van der Waals surface area contributed by atoms with E-state index in [0.29, 0.717) is 12.4 Å². The number of benzene rings is 2. The molecular formula is C22H25NO4S. The first-order valence-corrected chi connectivity index (χ1v) is 10.6. The number of carboxylic acid groups (broad SMARTS) is 1. The third-order valence-electron chi connectivity index (χ3n) is 4.71. The molecule has 2 unspecified atom stereocenters. The number of rotatable bonds is 8. The Morgan fingerprint density at radius 3 is 2.75 bits per heavy atom. The van der Waals surface area contributed by atoms with Crippen molar-refractivity contribution in [3.05, 3.63) is 65.7 Å². The highest BCUT2D eigenvalue weighted by Crippen LogP contribution is 2.34. The second-order valence-electron chi connectivity index (χ2n) is 6.84. The van der Waals surface area contributed by atoms with E-state index in [-0.39, 0.29) is 24.3 Å². The zero-order chi connectivity index (χ0) is 19.8. The number of carboxylic acids is 1. The van der Waals surface area contributed by atoms with Crippen LogP contribution in [-0.2, 0) is 20.1 Å². The van der Waals surface area contributed by atoms with E-state index in [1.54, 1.807) is 11.8 Å². The number of ether oxygens (including phenoxy) is 1. The first-order chi connectivity index (χ1) is 13.6. The summed E-state index contributed by atoms with van der Waals surface area (Å²) in [5.74, 6) is 0.269. The molecule has 0 spiro atoms. The minimum absolute atomic E-state index is 0.0239. The summed E-state index contributed by atoms with van der Waals surface area (Å²) in [4.78, 5) is 23.5.